The number of carbonyl (C=O) groups is 3. The molecule has 6 aliphatic carbocycles. The number of hydrogen-bond acceptors (Lipinski definition) is 11. The van der Waals surface area contributed by atoms with Gasteiger partial charge in [-0.3, -0.25) is 0 Å². The fourth-order valence-corrected chi connectivity index (χ4v) is 13.0. The molecule has 2 saturated heterocycles. The smallest absolute Gasteiger partial charge is 0.495 e. The summed E-state index contributed by atoms with van der Waals surface area (Å²) in [5.41, 5.74) is -3.01. The van der Waals surface area contributed by atoms with Crippen molar-refractivity contribution in [3.63, 3.8) is 0 Å². The lowest BCUT2D eigenvalue weighted by molar-refractivity contribution is -0.199. The zero-order valence-corrected chi connectivity index (χ0v) is 49.1. The Morgan fingerprint density at radius 2 is 1.00 bits per heavy atom. The van der Waals surface area contributed by atoms with Crippen LogP contribution >= 0.6 is 15.9 Å². The lowest BCUT2D eigenvalue weighted by atomic mass is 9.43. The van der Waals surface area contributed by atoms with E-state index in [1.54, 1.807) is 69.2 Å². The van der Waals surface area contributed by atoms with Crippen molar-refractivity contribution in [2.75, 3.05) is 7.11 Å². The van der Waals surface area contributed by atoms with Crippen LogP contribution in [0.5, 0.6) is 5.75 Å². The van der Waals surface area contributed by atoms with Gasteiger partial charge in [0.2, 0.25) is 0 Å². The highest BCUT2D eigenvalue weighted by Gasteiger charge is 2.69. The molecule has 0 spiro atoms. The maximum absolute atomic E-state index is 14.6. The second-order valence-corrected chi connectivity index (χ2v) is 26.9. The zero-order valence-electron chi connectivity index (χ0n) is 47.5. The molecule has 3 aromatic carbocycles. The fraction of sp³-hybridized carbons (Fsp3) is 0.632. The van der Waals surface area contributed by atoms with Gasteiger partial charge >= 0.3 is 32.1 Å². The van der Waals surface area contributed by atoms with Crippen molar-refractivity contribution in [3.8, 4) is 5.75 Å². The van der Waals surface area contributed by atoms with E-state index in [2.05, 4.69) is 57.5 Å². The van der Waals surface area contributed by atoms with E-state index in [-0.39, 0.29) is 46.2 Å². The molecule has 0 N–H and O–H groups in total. The Kier molecular flexibility index (Phi) is 16.3. The lowest BCUT2D eigenvalue weighted by Crippen LogP contribution is -2.65. The first-order valence-corrected chi connectivity index (χ1v) is 27.0. The second kappa shape index (κ2) is 20.8. The van der Waals surface area contributed by atoms with Crippen LogP contribution < -0.4 is 10.2 Å². The molecule has 3 aromatic rings. The van der Waals surface area contributed by atoms with Gasteiger partial charge in [0, 0.05) is 10.8 Å². The molecule has 2 aliphatic heterocycles. The summed E-state index contributed by atoms with van der Waals surface area (Å²) in [4.78, 5) is 36.9. The van der Waals surface area contributed by atoms with Gasteiger partial charge in [-0.1, -0.05) is 43.6 Å². The molecule has 11 rings (SSSR count). The van der Waals surface area contributed by atoms with Crippen molar-refractivity contribution in [1.82, 2.24) is 0 Å². The monoisotopic (exact) mass is 1150 g/mol. The van der Waals surface area contributed by atoms with E-state index in [9.17, 15) is 40.7 Å². The van der Waals surface area contributed by atoms with Crippen molar-refractivity contribution >= 4 is 53.5 Å². The SMILES string of the molecule is COc1c(CB2O[C@@H]3C[C@@H]4C[C@@H](C4(C)C)[C@]3(C)O2)cc(F)c(F)c1C(=O)OC(C)(C)C.Cc1c(B2O[C@@H]3C[C@@H]4C[C@@H](C4(C)C)[C@]3(C)O2)cc(F)c(F)c1C(=O)OC(C)(C)C.Cc1c(Br)cc(F)c(F)c1C(=O)OC(C)(C)C. The largest absolute Gasteiger partial charge is 0.495 e. The molecule has 422 valence electrons. The molecule has 4 bridgehead atoms. The Balaban J connectivity index is 0.000000175. The summed E-state index contributed by atoms with van der Waals surface area (Å²) in [6, 6.07) is 3.11. The van der Waals surface area contributed by atoms with Crippen LogP contribution in [0.3, 0.4) is 0 Å². The van der Waals surface area contributed by atoms with E-state index < -0.39 is 106 Å². The normalized spacial score (nSPS) is 27.3. The number of carbonyl (C=O) groups excluding carboxylic acids is 3. The zero-order chi connectivity index (χ0) is 57.8. The molecule has 2 heterocycles. The number of benzene rings is 3. The fourth-order valence-electron chi connectivity index (χ4n) is 12.6. The number of hydrogen-bond donors (Lipinski definition) is 0. The van der Waals surface area contributed by atoms with Crippen molar-refractivity contribution < 1.29 is 78.3 Å². The highest BCUT2D eigenvalue weighted by molar-refractivity contribution is 9.10. The van der Waals surface area contributed by atoms with Crippen LogP contribution in [0.15, 0.2) is 22.7 Å². The average Bonchev–Trinajstić information content (AvgIpc) is 3.82. The number of esters is 3. The van der Waals surface area contributed by atoms with Crippen LogP contribution in [0.2, 0.25) is 0 Å². The Hall–Kier alpha value is -4.10. The summed E-state index contributed by atoms with van der Waals surface area (Å²) < 4.78 is 131. The number of ether oxygens (including phenoxy) is 4. The Bertz CT molecular complexity index is 2820. The minimum Gasteiger partial charge on any atom is -0.495 e. The highest BCUT2D eigenvalue weighted by atomic mass is 79.9. The Labute approximate surface area is 458 Å². The molecular weight excluding hydrogens is 1080 g/mol. The van der Waals surface area contributed by atoms with Gasteiger partial charge in [0.05, 0.1) is 30.5 Å². The predicted octanol–water partition coefficient (Wildman–Crippen LogP) is 12.9. The first-order chi connectivity index (χ1) is 35.2. The summed E-state index contributed by atoms with van der Waals surface area (Å²) >= 11 is 3.06. The maximum Gasteiger partial charge on any atom is 0.495 e. The van der Waals surface area contributed by atoms with E-state index in [1.165, 1.54) is 14.0 Å². The van der Waals surface area contributed by atoms with E-state index >= 15 is 0 Å². The van der Waals surface area contributed by atoms with Gasteiger partial charge in [0.1, 0.15) is 39.2 Å². The van der Waals surface area contributed by atoms with Crippen LogP contribution in [0, 0.1) is 83.3 Å². The minimum absolute atomic E-state index is 0.0316. The first kappa shape index (κ1) is 60.5. The van der Waals surface area contributed by atoms with Gasteiger partial charge in [0.25, 0.3) is 0 Å². The van der Waals surface area contributed by atoms with E-state index in [0.717, 1.165) is 43.9 Å². The van der Waals surface area contributed by atoms with Gasteiger partial charge in [-0.25, -0.2) is 40.7 Å². The van der Waals surface area contributed by atoms with Crippen molar-refractivity contribution in [2.45, 2.75) is 190 Å². The molecule has 8 fully saturated rings. The molecule has 11 nitrogen and oxygen atoms in total. The third-order valence-corrected chi connectivity index (χ3v) is 17.6. The van der Waals surface area contributed by atoms with Crippen LogP contribution in [-0.2, 0) is 39.1 Å². The Morgan fingerprint density at radius 3 is 1.45 bits per heavy atom. The standard InChI is InChI=1S/C23H31BF2O5.C22H29BF2O4.C12H13BrF2O2/c1-21(2,3)29-20(27)17-18(26)14(25)8-12(19(17)28-7)11-24-30-16-10-13-9-15(22(13,4)5)23(16,6)31-24;1-11-13(10-14(24)18(25)17(11)19(26)27-20(2,3)4)23-28-16-9-12-8-15(21(12,5)6)22(16,7)29-23;1-6-7(13)5-8(14)10(15)9(6)11(16)17-12(2,3)4/h8,13,15-16H,9-11H2,1-7H3;10,12,15-16H,8-9H2,1-7H3;5H,1-4H3/t13-,15-,16+,23-;12-,15-,16+,22-;/m00./s1. The maximum atomic E-state index is 14.6. The van der Waals surface area contributed by atoms with E-state index in [1.807, 2.05) is 0 Å². The second-order valence-electron chi connectivity index (χ2n) is 26.1. The van der Waals surface area contributed by atoms with Crippen LogP contribution in [0.1, 0.15) is 177 Å². The average molecular weight is 1150 g/mol. The van der Waals surface area contributed by atoms with E-state index in [4.69, 9.17) is 37.6 Å². The molecule has 6 saturated carbocycles. The predicted molar refractivity (Wildman–Crippen MR) is 282 cm³/mol. The molecule has 0 amide bonds. The molecule has 0 radical (unpaired) electrons. The quantitative estimate of drug-likeness (QED) is 0.0738. The van der Waals surface area contributed by atoms with Crippen molar-refractivity contribution in [1.29, 1.82) is 0 Å². The molecule has 0 unspecified atom stereocenters. The summed E-state index contributed by atoms with van der Waals surface area (Å²) in [6.07, 6.45) is 4.04. The van der Waals surface area contributed by atoms with Crippen LogP contribution in [-0.4, -0.2) is 79.5 Å². The lowest BCUT2D eigenvalue weighted by Gasteiger charge is -2.64. The summed E-state index contributed by atoms with van der Waals surface area (Å²) in [5, 5.41) is 0. The number of halogens is 7. The molecule has 20 heteroatoms. The van der Waals surface area contributed by atoms with Gasteiger partial charge in [-0.15, -0.1) is 0 Å². The van der Waals surface area contributed by atoms with Gasteiger partial charge in [-0.05, 0) is 191 Å². The van der Waals surface area contributed by atoms with E-state index in [0.29, 0.717) is 44.7 Å². The number of methoxy groups -OCH3 is 1. The first-order valence-electron chi connectivity index (χ1n) is 26.2. The summed E-state index contributed by atoms with van der Waals surface area (Å²) in [7, 11) is -0.148. The van der Waals surface area contributed by atoms with Crippen molar-refractivity contribution in [2.24, 2.45) is 34.5 Å². The third kappa shape index (κ3) is 11.5. The summed E-state index contributed by atoms with van der Waals surface area (Å²) in [6.45, 7) is 31.3. The molecule has 0 aromatic heterocycles. The minimum atomic E-state index is -1.29. The third-order valence-electron chi connectivity index (χ3n) is 16.8. The van der Waals surface area contributed by atoms with Crippen LogP contribution in [0.25, 0.3) is 0 Å². The molecule has 8 aliphatic rings. The molecule has 8 atom stereocenters. The highest BCUT2D eigenvalue weighted by Crippen LogP contribution is 2.67. The molecular formula is C57H73B2BrF6O11. The Morgan fingerprint density at radius 1 is 0.597 bits per heavy atom. The summed E-state index contributed by atoms with van der Waals surface area (Å²) in [5.74, 6) is -7.86. The molecule has 77 heavy (non-hydrogen) atoms. The number of rotatable bonds is 7. The van der Waals surface area contributed by atoms with Gasteiger partial charge in [-0.2, -0.15) is 0 Å². The van der Waals surface area contributed by atoms with Crippen molar-refractivity contribution in [3.05, 3.63) is 91.0 Å². The van der Waals surface area contributed by atoms with Crippen LogP contribution in [0.4, 0.5) is 26.3 Å². The van der Waals surface area contributed by atoms with Gasteiger partial charge in [0.15, 0.2) is 34.9 Å². The topological polar surface area (TPSA) is 125 Å². The van der Waals surface area contributed by atoms with Gasteiger partial charge < -0.3 is 37.6 Å².